The molecule has 23 heavy (non-hydrogen) atoms. The Morgan fingerprint density at radius 2 is 1.83 bits per heavy atom. The SMILES string of the molecule is CC(CNC(=O)Cc1ccccc1)Cc1c[nH]c2ccccc12. The number of hydrogen-bond donors (Lipinski definition) is 2. The predicted molar refractivity (Wildman–Crippen MR) is 94.3 cm³/mol. The van der Waals surface area contributed by atoms with Crippen molar-refractivity contribution in [1.82, 2.24) is 10.3 Å². The van der Waals surface area contributed by atoms with Crippen molar-refractivity contribution in [3.8, 4) is 0 Å². The van der Waals surface area contributed by atoms with Crippen LogP contribution in [0.15, 0.2) is 60.8 Å². The first-order valence-electron chi connectivity index (χ1n) is 8.08. The molecule has 2 N–H and O–H groups in total. The zero-order valence-electron chi connectivity index (χ0n) is 13.4. The standard InChI is InChI=1S/C20H22N2O/c1-15(11-17-14-21-19-10-6-5-9-18(17)19)13-22-20(23)12-16-7-3-2-4-8-16/h2-10,14-15,21H,11-13H2,1H3,(H,22,23). The molecule has 0 bridgehead atoms. The van der Waals surface area contributed by atoms with Gasteiger partial charge in [-0.2, -0.15) is 0 Å². The maximum absolute atomic E-state index is 12.0. The van der Waals surface area contributed by atoms with Crippen molar-refractivity contribution < 1.29 is 4.79 Å². The summed E-state index contributed by atoms with van der Waals surface area (Å²) in [6.45, 7) is 2.87. The average Bonchev–Trinajstić information content (AvgIpc) is 2.97. The van der Waals surface area contributed by atoms with Gasteiger partial charge in [0, 0.05) is 23.6 Å². The molecule has 0 aliphatic carbocycles. The molecule has 2 aromatic carbocycles. The lowest BCUT2D eigenvalue weighted by Gasteiger charge is -2.12. The fourth-order valence-corrected chi connectivity index (χ4v) is 2.88. The minimum atomic E-state index is 0.0852. The Morgan fingerprint density at radius 1 is 1.09 bits per heavy atom. The van der Waals surface area contributed by atoms with Gasteiger partial charge in [-0.15, -0.1) is 0 Å². The highest BCUT2D eigenvalue weighted by atomic mass is 16.1. The largest absolute Gasteiger partial charge is 0.361 e. The zero-order valence-corrected chi connectivity index (χ0v) is 13.4. The zero-order chi connectivity index (χ0) is 16.1. The summed E-state index contributed by atoms with van der Waals surface area (Å²) in [4.78, 5) is 15.3. The summed E-state index contributed by atoms with van der Waals surface area (Å²) in [6.07, 6.45) is 3.48. The summed E-state index contributed by atoms with van der Waals surface area (Å²) in [5.74, 6) is 0.482. The van der Waals surface area contributed by atoms with Crippen LogP contribution in [0.2, 0.25) is 0 Å². The number of benzene rings is 2. The van der Waals surface area contributed by atoms with Crippen molar-refractivity contribution in [2.75, 3.05) is 6.54 Å². The molecule has 0 saturated heterocycles. The molecule has 0 aliphatic rings. The highest BCUT2D eigenvalue weighted by Crippen LogP contribution is 2.20. The van der Waals surface area contributed by atoms with E-state index in [9.17, 15) is 4.79 Å². The number of carbonyl (C=O) groups excluding carboxylic acids is 1. The summed E-state index contributed by atoms with van der Waals surface area (Å²) in [6, 6.07) is 18.2. The number of para-hydroxylation sites is 1. The molecule has 1 amide bonds. The fourth-order valence-electron chi connectivity index (χ4n) is 2.88. The van der Waals surface area contributed by atoms with Crippen molar-refractivity contribution in [2.45, 2.75) is 19.8 Å². The van der Waals surface area contributed by atoms with Gasteiger partial charge < -0.3 is 10.3 Å². The number of nitrogens with one attached hydrogen (secondary N) is 2. The molecule has 3 rings (SSSR count). The normalized spacial score (nSPS) is 12.2. The molecule has 1 atom stereocenters. The van der Waals surface area contributed by atoms with Crippen LogP contribution in [0, 0.1) is 5.92 Å². The molecule has 0 radical (unpaired) electrons. The number of fused-ring (bicyclic) bond motifs is 1. The molecule has 1 aromatic heterocycles. The Kier molecular flexibility index (Phi) is 4.77. The minimum absolute atomic E-state index is 0.0852. The van der Waals surface area contributed by atoms with Gasteiger partial charge >= 0.3 is 0 Å². The molecule has 1 heterocycles. The third-order valence-electron chi connectivity index (χ3n) is 4.10. The lowest BCUT2D eigenvalue weighted by molar-refractivity contribution is -0.120. The molecule has 118 valence electrons. The number of amides is 1. The van der Waals surface area contributed by atoms with Crippen LogP contribution in [0.1, 0.15) is 18.1 Å². The summed E-state index contributed by atoms with van der Waals surface area (Å²) in [5.41, 5.74) is 3.53. The molecule has 3 aromatic rings. The van der Waals surface area contributed by atoms with Crippen LogP contribution in [-0.4, -0.2) is 17.4 Å². The van der Waals surface area contributed by atoms with E-state index in [0.717, 1.165) is 12.0 Å². The maximum Gasteiger partial charge on any atom is 0.224 e. The number of H-pyrrole nitrogens is 1. The van der Waals surface area contributed by atoms with Crippen LogP contribution < -0.4 is 5.32 Å². The molecule has 0 aliphatic heterocycles. The van der Waals surface area contributed by atoms with Gasteiger partial charge in [0.05, 0.1) is 6.42 Å². The number of aromatic nitrogens is 1. The lowest BCUT2D eigenvalue weighted by Crippen LogP contribution is -2.30. The predicted octanol–water partition coefficient (Wildman–Crippen LogP) is 3.71. The second-order valence-corrected chi connectivity index (χ2v) is 6.14. The van der Waals surface area contributed by atoms with E-state index < -0.39 is 0 Å². The van der Waals surface area contributed by atoms with Crippen molar-refractivity contribution in [1.29, 1.82) is 0 Å². The van der Waals surface area contributed by atoms with E-state index in [0.29, 0.717) is 18.9 Å². The Labute approximate surface area is 136 Å². The number of aromatic amines is 1. The van der Waals surface area contributed by atoms with E-state index in [2.05, 4.69) is 41.6 Å². The molecular formula is C20H22N2O. The Balaban J connectivity index is 1.51. The van der Waals surface area contributed by atoms with Crippen molar-refractivity contribution in [2.24, 2.45) is 5.92 Å². The summed E-state index contributed by atoms with van der Waals surface area (Å²) >= 11 is 0. The van der Waals surface area contributed by atoms with E-state index in [-0.39, 0.29) is 5.91 Å². The molecule has 3 nitrogen and oxygen atoms in total. The Morgan fingerprint density at radius 3 is 2.65 bits per heavy atom. The van der Waals surface area contributed by atoms with Crippen LogP contribution in [0.4, 0.5) is 0 Å². The van der Waals surface area contributed by atoms with E-state index in [1.54, 1.807) is 0 Å². The van der Waals surface area contributed by atoms with Gasteiger partial charge in [-0.05, 0) is 29.5 Å². The summed E-state index contributed by atoms with van der Waals surface area (Å²) in [7, 11) is 0. The molecule has 0 spiro atoms. The Bertz CT molecular complexity index is 776. The monoisotopic (exact) mass is 306 g/mol. The van der Waals surface area contributed by atoms with Crippen LogP contribution in [-0.2, 0) is 17.6 Å². The van der Waals surface area contributed by atoms with E-state index in [1.807, 2.05) is 36.4 Å². The Hall–Kier alpha value is -2.55. The lowest BCUT2D eigenvalue weighted by atomic mass is 10.0. The highest BCUT2D eigenvalue weighted by molar-refractivity contribution is 5.83. The van der Waals surface area contributed by atoms with Gasteiger partial charge in [0.15, 0.2) is 0 Å². The summed E-state index contributed by atoms with van der Waals surface area (Å²) in [5, 5.41) is 4.32. The van der Waals surface area contributed by atoms with Crippen LogP contribution >= 0.6 is 0 Å². The molecule has 0 saturated carbocycles. The summed E-state index contributed by atoms with van der Waals surface area (Å²) < 4.78 is 0. The number of rotatable bonds is 6. The first-order chi connectivity index (χ1) is 11.2. The van der Waals surface area contributed by atoms with Gasteiger partial charge in [-0.3, -0.25) is 4.79 Å². The first-order valence-corrected chi connectivity index (χ1v) is 8.08. The number of hydrogen-bond acceptors (Lipinski definition) is 1. The van der Waals surface area contributed by atoms with Gasteiger partial charge in [-0.1, -0.05) is 55.5 Å². The maximum atomic E-state index is 12.0. The van der Waals surface area contributed by atoms with Crippen molar-refractivity contribution >= 4 is 16.8 Å². The average molecular weight is 306 g/mol. The van der Waals surface area contributed by atoms with Crippen molar-refractivity contribution in [3.63, 3.8) is 0 Å². The fraction of sp³-hybridized carbons (Fsp3) is 0.250. The van der Waals surface area contributed by atoms with E-state index in [1.165, 1.54) is 16.5 Å². The van der Waals surface area contributed by atoms with E-state index >= 15 is 0 Å². The molecule has 3 heteroatoms. The second-order valence-electron chi connectivity index (χ2n) is 6.14. The van der Waals surface area contributed by atoms with Crippen LogP contribution in [0.3, 0.4) is 0 Å². The smallest absolute Gasteiger partial charge is 0.224 e. The molecule has 0 fully saturated rings. The molecular weight excluding hydrogens is 284 g/mol. The third-order valence-corrected chi connectivity index (χ3v) is 4.10. The van der Waals surface area contributed by atoms with Gasteiger partial charge in [0.2, 0.25) is 5.91 Å². The van der Waals surface area contributed by atoms with Gasteiger partial charge in [-0.25, -0.2) is 0 Å². The highest BCUT2D eigenvalue weighted by Gasteiger charge is 2.10. The number of carbonyl (C=O) groups is 1. The van der Waals surface area contributed by atoms with Crippen LogP contribution in [0.25, 0.3) is 10.9 Å². The second kappa shape index (κ2) is 7.14. The van der Waals surface area contributed by atoms with Gasteiger partial charge in [0.25, 0.3) is 0 Å². The van der Waals surface area contributed by atoms with E-state index in [4.69, 9.17) is 0 Å². The third kappa shape index (κ3) is 4.01. The topological polar surface area (TPSA) is 44.9 Å². The quantitative estimate of drug-likeness (QED) is 0.716. The van der Waals surface area contributed by atoms with Crippen LogP contribution in [0.5, 0.6) is 0 Å². The van der Waals surface area contributed by atoms with Gasteiger partial charge in [0.1, 0.15) is 0 Å². The molecule has 1 unspecified atom stereocenters. The van der Waals surface area contributed by atoms with Crippen molar-refractivity contribution in [3.05, 3.63) is 71.9 Å². The minimum Gasteiger partial charge on any atom is -0.361 e. The first kappa shape index (κ1) is 15.3.